The molecule has 0 amide bonds. The molecule has 1 aliphatic rings. The summed E-state index contributed by atoms with van der Waals surface area (Å²) in [5.74, 6) is 0. The van der Waals surface area contributed by atoms with Crippen LogP contribution in [0.15, 0.2) is 48.7 Å². The third-order valence-corrected chi connectivity index (χ3v) is 3.02. The van der Waals surface area contributed by atoms with E-state index in [-0.39, 0.29) is 6.61 Å². The summed E-state index contributed by atoms with van der Waals surface area (Å²) >= 11 is 0. The third kappa shape index (κ3) is 2.22. The van der Waals surface area contributed by atoms with E-state index in [2.05, 4.69) is 23.5 Å². The van der Waals surface area contributed by atoms with Crippen LogP contribution in [-0.2, 0) is 6.42 Å². The van der Waals surface area contributed by atoms with Crippen LogP contribution in [-0.4, -0.2) is 21.3 Å². The van der Waals surface area contributed by atoms with Gasteiger partial charge in [0, 0.05) is 12.1 Å². The molecule has 0 saturated heterocycles. The Morgan fingerprint density at radius 2 is 2.45 bits per heavy atom. The van der Waals surface area contributed by atoms with Gasteiger partial charge in [0.25, 0.3) is 0 Å². The molecule has 0 radical (unpaired) electrons. The van der Waals surface area contributed by atoms with E-state index in [0.717, 1.165) is 5.70 Å². The monoisotopic (exact) mass is 269 g/mol. The van der Waals surface area contributed by atoms with E-state index in [1.165, 1.54) is 0 Å². The molecule has 20 heavy (non-hydrogen) atoms. The number of imidazole rings is 1. The van der Waals surface area contributed by atoms with Crippen LogP contribution in [0.1, 0.15) is 11.4 Å². The number of nitriles is 1. The average molecular weight is 269 g/mol. The number of aromatic nitrogens is 2. The fourth-order valence-corrected chi connectivity index (χ4v) is 2.03. The maximum Gasteiger partial charge on any atom is 0.162 e. The maximum atomic E-state index is 9.19. The summed E-state index contributed by atoms with van der Waals surface area (Å²) in [4.78, 5) is 4.08. The largest absolute Gasteiger partial charge is 0.399 e. The highest BCUT2D eigenvalue weighted by atomic mass is 16.3. The molecule has 0 atom stereocenters. The van der Waals surface area contributed by atoms with Crippen molar-refractivity contribution in [2.75, 3.05) is 6.61 Å². The molecule has 0 bridgehead atoms. The van der Waals surface area contributed by atoms with Crippen LogP contribution in [0.25, 0.3) is 5.70 Å². The number of hydrogen-bond acceptors (Lipinski definition) is 5. The number of allylic oxidation sites excluding steroid dienone is 4. The zero-order valence-electron chi connectivity index (χ0n) is 10.9. The first-order chi connectivity index (χ1) is 9.62. The highest BCUT2D eigenvalue weighted by Crippen LogP contribution is 2.25. The predicted molar refractivity (Wildman–Crippen MR) is 75.7 cm³/mol. The van der Waals surface area contributed by atoms with Crippen molar-refractivity contribution in [1.82, 2.24) is 14.9 Å². The SMILES string of the molecule is C=C/C=C1\C(=C)N/C(=C(\N)CO)Cc2c(C#N)ncn21. The third-order valence-electron chi connectivity index (χ3n) is 3.02. The van der Waals surface area contributed by atoms with Crippen LogP contribution < -0.4 is 11.1 Å². The van der Waals surface area contributed by atoms with Crippen molar-refractivity contribution in [3.63, 3.8) is 0 Å². The summed E-state index contributed by atoms with van der Waals surface area (Å²) in [6.07, 6.45) is 5.32. The Balaban J connectivity index is 2.67. The lowest BCUT2D eigenvalue weighted by molar-refractivity contribution is 0.327. The molecule has 1 aromatic rings. The van der Waals surface area contributed by atoms with Gasteiger partial charge in [0.1, 0.15) is 12.4 Å². The molecule has 6 heteroatoms. The highest BCUT2D eigenvalue weighted by molar-refractivity contribution is 5.67. The molecule has 0 fully saturated rings. The van der Waals surface area contributed by atoms with E-state index in [1.54, 1.807) is 23.0 Å². The zero-order valence-corrected chi connectivity index (χ0v) is 10.9. The van der Waals surface area contributed by atoms with Crippen molar-refractivity contribution < 1.29 is 5.11 Å². The van der Waals surface area contributed by atoms with Gasteiger partial charge in [0.05, 0.1) is 29.4 Å². The molecule has 2 heterocycles. The van der Waals surface area contributed by atoms with Crippen LogP contribution in [0, 0.1) is 11.3 Å². The fraction of sp³-hybridized carbons (Fsp3) is 0.143. The number of nitrogens with zero attached hydrogens (tertiary/aromatic N) is 3. The summed E-state index contributed by atoms with van der Waals surface area (Å²) in [5.41, 5.74) is 9.04. The second-order valence-electron chi connectivity index (χ2n) is 4.25. The van der Waals surface area contributed by atoms with Gasteiger partial charge < -0.3 is 16.2 Å². The Bertz CT molecular complexity index is 672. The Hall–Kier alpha value is -2.78. The van der Waals surface area contributed by atoms with Crippen molar-refractivity contribution in [2.24, 2.45) is 5.73 Å². The van der Waals surface area contributed by atoms with Gasteiger partial charge in [-0.25, -0.2) is 4.98 Å². The van der Waals surface area contributed by atoms with Gasteiger partial charge in [-0.3, -0.25) is 4.57 Å². The lowest BCUT2D eigenvalue weighted by Crippen LogP contribution is -2.20. The zero-order chi connectivity index (χ0) is 14.7. The molecule has 0 aromatic carbocycles. The number of fused-ring (bicyclic) bond motifs is 1. The van der Waals surface area contributed by atoms with Crippen molar-refractivity contribution in [3.05, 3.63) is 60.1 Å². The molecule has 0 aliphatic carbocycles. The first kappa shape index (κ1) is 13.6. The second-order valence-corrected chi connectivity index (χ2v) is 4.25. The van der Waals surface area contributed by atoms with Gasteiger partial charge in [0.2, 0.25) is 0 Å². The van der Waals surface area contributed by atoms with E-state index in [9.17, 15) is 5.11 Å². The van der Waals surface area contributed by atoms with E-state index in [1.807, 2.05) is 6.07 Å². The quantitative estimate of drug-likeness (QED) is 0.730. The first-order valence-corrected chi connectivity index (χ1v) is 5.96. The number of aliphatic hydroxyl groups is 1. The molecule has 0 spiro atoms. The molecule has 6 nitrogen and oxygen atoms in total. The van der Waals surface area contributed by atoms with Gasteiger partial charge in [-0.15, -0.1) is 0 Å². The van der Waals surface area contributed by atoms with Gasteiger partial charge in [-0.05, 0) is 6.08 Å². The van der Waals surface area contributed by atoms with Crippen molar-refractivity contribution in [1.29, 1.82) is 5.26 Å². The number of nitrogens with one attached hydrogen (secondary N) is 1. The van der Waals surface area contributed by atoms with Gasteiger partial charge in [-0.2, -0.15) is 5.26 Å². The molecule has 102 valence electrons. The molecule has 1 aromatic heterocycles. The summed E-state index contributed by atoms with van der Waals surface area (Å²) < 4.78 is 1.77. The van der Waals surface area contributed by atoms with Gasteiger partial charge >= 0.3 is 0 Å². The number of nitrogens with two attached hydrogens (primary N) is 1. The maximum absolute atomic E-state index is 9.19. The van der Waals surface area contributed by atoms with Crippen molar-refractivity contribution >= 4 is 5.70 Å². The molecular weight excluding hydrogens is 254 g/mol. The van der Waals surface area contributed by atoms with Crippen LogP contribution in [0.5, 0.6) is 0 Å². The minimum absolute atomic E-state index is 0.272. The minimum Gasteiger partial charge on any atom is -0.399 e. The van der Waals surface area contributed by atoms with Gasteiger partial charge in [-0.1, -0.05) is 19.2 Å². The van der Waals surface area contributed by atoms with Crippen molar-refractivity contribution in [2.45, 2.75) is 6.42 Å². The first-order valence-electron chi connectivity index (χ1n) is 5.96. The minimum atomic E-state index is -0.272. The molecule has 0 saturated carbocycles. The van der Waals surface area contributed by atoms with Crippen LogP contribution in [0.4, 0.5) is 0 Å². The summed E-state index contributed by atoms with van der Waals surface area (Å²) in [7, 11) is 0. The van der Waals surface area contributed by atoms with E-state index >= 15 is 0 Å². The fourth-order valence-electron chi connectivity index (χ4n) is 2.03. The molecule has 1 aliphatic heterocycles. The van der Waals surface area contributed by atoms with E-state index < -0.39 is 0 Å². The summed E-state index contributed by atoms with van der Waals surface area (Å²) in [5, 5.41) is 21.4. The Kier molecular flexibility index (Phi) is 3.73. The number of aliphatic hydroxyl groups excluding tert-OH is 1. The standard InChI is InChI=1S/C14H15N5O/c1-3-4-13-9(2)18-11(10(16)7-20)5-14-12(6-15)17-8-19(13)14/h3-4,8,18,20H,1-2,5,7,16H2/b11-10-,13-4+. The lowest BCUT2D eigenvalue weighted by atomic mass is 10.2. The predicted octanol–water partition coefficient (Wildman–Crippen LogP) is 0.604. The number of rotatable bonds is 2. The Morgan fingerprint density at radius 1 is 1.70 bits per heavy atom. The van der Waals surface area contributed by atoms with Crippen LogP contribution in [0.2, 0.25) is 0 Å². The molecule has 2 rings (SSSR count). The Labute approximate surface area is 116 Å². The van der Waals surface area contributed by atoms with E-state index in [4.69, 9.17) is 11.0 Å². The van der Waals surface area contributed by atoms with Crippen molar-refractivity contribution in [3.8, 4) is 6.07 Å². The summed E-state index contributed by atoms with van der Waals surface area (Å²) in [6, 6.07) is 2.05. The van der Waals surface area contributed by atoms with Crippen LogP contribution in [0.3, 0.4) is 0 Å². The molecular formula is C14H15N5O. The molecule has 4 N–H and O–H groups in total. The average Bonchev–Trinajstić information content (AvgIpc) is 2.79. The topological polar surface area (TPSA) is 99.9 Å². The number of hydrogen-bond donors (Lipinski definition) is 3. The van der Waals surface area contributed by atoms with Crippen LogP contribution >= 0.6 is 0 Å². The second kappa shape index (κ2) is 5.47. The Morgan fingerprint density at radius 3 is 3.05 bits per heavy atom. The van der Waals surface area contributed by atoms with E-state index in [0.29, 0.717) is 34.9 Å². The highest BCUT2D eigenvalue weighted by Gasteiger charge is 2.22. The van der Waals surface area contributed by atoms with Gasteiger partial charge in [0.15, 0.2) is 5.69 Å². The molecule has 0 unspecified atom stereocenters. The normalized spacial score (nSPS) is 18.8. The smallest absolute Gasteiger partial charge is 0.162 e. The lowest BCUT2D eigenvalue weighted by Gasteiger charge is -2.12. The summed E-state index contributed by atoms with van der Waals surface area (Å²) in [6.45, 7) is 7.34.